The molecule has 13 nitrogen and oxygen atoms in total. The Hall–Kier alpha value is -1.23. The van der Waals surface area contributed by atoms with E-state index in [2.05, 4.69) is 54.5 Å². The van der Waals surface area contributed by atoms with Crippen LogP contribution < -0.4 is 0 Å². The first-order chi connectivity index (χ1) is 25.1. The molecule has 7 aliphatic rings. The molecule has 0 aromatic carbocycles. The number of carbonyl (C=O) groups is 1. The van der Waals surface area contributed by atoms with E-state index in [9.17, 15) is 45.6 Å². The lowest BCUT2D eigenvalue weighted by Crippen LogP contribution is -2.70. The van der Waals surface area contributed by atoms with E-state index in [0.29, 0.717) is 19.3 Å². The fourth-order valence-corrected chi connectivity index (χ4v) is 13.3. The lowest BCUT2D eigenvalue weighted by Gasteiger charge is -2.74. The molecule has 7 rings (SSSR count). The molecule has 0 unspecified atom stereocenters. The minimum atomic E-state index is -1.81. The molecule has 8 N–H and O–H groups in total. The van der Waals surface area contributed by atoms with Gasteiger partial charge in [0.25, 0.3) is 0 Å². The zero-order valence-electron chi connectivity index (χ0n) is 33.1. The molecule has 4 saturated carbocycles. The fraction of sp³-hybridized carbons (Fsp3) is 0.927. The number of hydrogen-bond acceptors (Lipinski definition) is 13. The molecule has 0 aromatic heterocycles. The van der Waals surface area contributed by atoms with Gasteiger partial charge in [-0.25, -0.2) is 0 Å². The highest BCUT2D eigenvalue weighted by atomic mass is 16.8. The maximum Gasteiger partial charge on any atom is 0.315 e. The first-order valence-corrected chi connectivity index (χ1v) is 20.3. The quantitative estimate of drug-likeness (QED) is 0.115. The molecule has 308 valence electrons. The maximum atomic E-state index is 14.5. The molecule has 13 heteroatoms. The lowest BCUT2D eigenvalue weighted by molar-refractivity contribution is -0.334. The van der Waals surface area contributed by atoms with E-state index < -0.39 is 78.4 Å². The largest absolute Gasteiger partial charge is 0.432 e. The Morgan fingerprint density at radius 1 is 0.778 bits per heavy atom. The molecule has 0 amide bonds. The van der Waals surface area contributed by atoms with Crippen LogP contribution in [0, 0.1) is 49.7 Å². The van der Waals surface area contributed by atoms with Crippen molar-refractivity contribution in [2.75, 3.05) is 13.2 Å². The zero-order chi connectivity index (χ0) is 39.6. The van der Waals surface area contributed by atoms with Gasteiger partial charge in [0.2, 0.25) is 6.29 Å². The predicted molar refractivity (Wildman–Crippen MR) is 193 cm³/mol. The molecule has 0 radical (unpaired) electrons. The summed E-state index contributed by atoms with van der Waals surface area (Å²) in [4.78, 5) is 14.5. The van der Waals surface area contributed by atoms with Crippen molar-refractivity contribution in [2.24, 2.45) is 49.7 Å². The molecule has 2 saturated heterocycles. The van der Waals surface area contributed by atoms with Crippen molar-refractivity contribution >= 4 is 5.97 Å². The van der Waals surface area contributed by atoms with E-state index >= 15 is 0 Å². The van der Waals surface area contributed by atoms with Gasteiger partial charge in [0, 0.05) is 5.41 Å². The summed E-state index contributed by atoms with van der Waals surface area (Å²) in [6.07, 6.45) is -4.34. The van der Waals surface area contributed by atoms with Gasteiger partial charge in [0.15, 0.2) is 12.6 Å². The Kier molecular flexibility index (Phi) is 10.2. The van der Waals surface area contributed by atoms with Crippen molar-refractivity contribution < 1.29 is 64.6 Å². The molecule has 0 spiro atoms. The summed E-state index contributed by atoms with van der Waals surface area (Å²) >= 11 is 0. The molecule has 18 atom stereocenters. The second-order valence-electron chi connectivity index (χ2n) is 20.3. The SMILES string of the molecule is CC1(C)CC[C@]2(C(=O)O[C@@H]3O[C@H](O)[C@@H](O)[C@H](O)[C@H]3O)CC[C@]3(C)C(=CC[C@@H]4[C@@]5(C)CC[C@H](O[C@@H]6OC[C@H](O)[C@@H](O)[C@H]6O)[C@@](C)(CO)[C@]5(C)CC[C@]43C)[C@@H]2C1. The molecule has 54 heavy (non-hydrogen) atoms. The van der Waals surface area contributed by atoms with Crippen molar-refractivity contribution in [1.82, 2.24) is 0 Å². The first kappa shape index (κ1) is 40.9. The van der Waals surface area contributed by atoms with Gasteiger partial charge in [-0.05, 0) is 103 Å². The van der Waals surface area contributed by atoms with Crippen LogP contribution >= 0.6 is 0 Å². The standard InChI is InChI=1S/C41H66O13/c1-35(2)12-16-41(34(50)54-33-30(48)27(45)28(46)31(49)53-33)17-14-36(3)21(22(41)18-35)8-9-24-37(36,4)13-15-40(7)38(24,5)11-10-25(39(40,6)20-42)52-32-29(47)26(44)23(43)19-51-32/h8,22-33,42-49H,9-20H2,1-7H3/t22-,23-,24-,25-,26+,27-,28-,29+,30+,31-,32-,33-,36+,37+,38+,39+,40+,41-/m0/s1. The number of fused-ring (bicyclic) bond motifs is 7. The number of aliphatic hydroxyl groups is 8. The highest BCUT2D eigenvalue weighted by Crippen LogP contribution is 2.79. The van der Waals surface area contributed by atoms with Crippen LogP contribution in [-0.4, -0.2) is 122 Å². The molecule has 2 aliphatic heterocycles. The first-order valence-electron chi connectivity index (χ1n) is 20.3. The predicted octanol–water partition coefficient (Wildman–Crippen LogP) is 2.28. The Balaban J connectivity index is 1.20. The number of esters is 1. The van der Waals surface area contributed by atoms with Crippen molar-refractivity contribution in [3.63, 3.8) is 0 Å². The van der Waals surface area contributed by atoms with Crippen LogP contribution in [0.4, 0.5) is 0 Å². The Labute approximate surface area is 319 Å². The van der Waals surface area contributed by atoms with Crippen LogP contribution in [0.15, 0.2) is 11.6 Å². The van der Waals surface area contributed by atoms with E-state index in [1.54, 1.807) is 0 Å². The average Bonchev–Trinajstić information content (AvgIpc) is 3.12. The number of hydrogen-bond donors (Lipinski definition) is 8. The second kappa shape index (κ2) is 13.4. The van der Waals surface area contributed by atoms with Crippen molar-refractivity contribution in [2.45, 2.75) is 174 Å². The third-order valence-electron chi connectivity index (χ3n) is 17.7. The number of rotatable bonds is 5. The summed E-state index contributed by atoms with van der Waals surface area (Å²) in [6, 6.07) is 0. The number of carbonyl (C=O) groups excluding carboxylic acids is 1. The summed E-state index contributed by atoms with van der Waals surface area (Å²) < 4.78 is 23.3. The van der Waals surface area contributed by atoms with Gasteiger partial charge in [-0.15, -0.1) is 0 Å². The molecular formula is C41H66O13. The summed E-state index contributed by atoms with van der Waals surface area (Å²) in [6.45, 7) is 15.8. The number of aliphatic hydroxyl groups excluding tert-OH is 8. The van der Waals surface area contributed by atoms with E-state index in [1.165, 1.54) is 5.57 Å². The van der Waals surface area contributed by atoms with Crippen molar-refractivity contribution in [1.29, 1.82) is 0 Å². The smallest absolute Gasteiger partial charge is 0.315 e. The molecule has 0 bridgehead atoms. The van der Waals surface area contributed by atoms with Crippen LogP contribution in [0.5, 0.6) is 0 Å². The lowest BCUT2D eigenvalue weighted by atomic mass is 9.30. The van der Waals surface area contributed by atoms with Crippen LogP contribution in [0.1, 0.15) is 113 Å². The van der Waals surface area contributed by atoms with Gasteiger partial charge in [0.05, 0.1) is 24.7 Å². The van der Waals surface area contributed by atoms with E-state index in [0.717, 1.165) is 44.9 Å². The van der Waals surface area contributed by atoms with Gasteiger partial charge in [-0.1, -0.05) is 60.1 Å². The summed E-state index contributed by atoms with van der Waals surface area (Å²) in [5.41, 5.74) is -1.34. The highest BCUT2D eigenvalue weighted by Gasteiger charge is 2.73. The summed E-state index contributed by atoms with van der Waals surface area (Å²) in [7, 11) is 0. The Morgan fingerprint density at radius 3 is 2.13 bits per heavy atom. The zero-order valence-corrected chi connectivity index (χ0v) is 33.1. The van der Waals surface area contributed by atoms with Gasteiger partial charge < -0.3 is 59.8 Å². The van der Waals surface area contributed by atoms with E-state index in [4.69, 9.17) is 18.9 Å². The topological polar surface area (TPSA) is 216 Å². The Morgan fingerprint density at radius 2 is 1.44 bits per heavy atom. The normalized spacial score (nSPS) is 55.6. The fourth-order valence-electron chi connectivity index (χ4n) is 13.3. The van der Waals surface area contributed by atoms with Gasteiger partial charge >= 0.3 is 5.97 Å². The van der Waals surface area contributed by atoms with E-state index in [-0.39, 0.29) is 52.1 Å². The third-order valence-corrected chi connectivity index (χ3v) is 17.7. The average molecular weight is 767 g/mol. The van der Waals surface area contributed by atoms with Gasteiger partial charge in [0.1, 0.15) is 36.6 Å². The highest BCUT2D eigenvalue weighted by molar-refractivity contribution is 5.79. The number of allylic oxidation sites excluding steroid dienone is 2. The molecule has 0 aromatic rings. The number of ether oxygens (including phenoxy) is 4. The van der Waals surface area contributed by atoms with E-state index in [1.807, 2.05) is 0 Å². The van der Waals surface area contributed by atoms with Crippen LogP contribution in [-0.2, 0) is 23.7 Å². The van der Waals surface area contributed by atoms with Crippen molar-refractivity contribution in [3.8, 4) is 0 Å². The minimum Gasteiger partial charge on any atom is -0.432 e. The summed E-state index contributed by atoms with van der Waals surface area (Å²) in [5.74, 6) is -0.392. The van der Waals surface area contributed by atoms with Crippen LogP contribution in [0.2, 0.25) is 0 Å². The second-order valence-corrected chi connectivity index (χ2v) is 20.3. The molecule has 5 aliphatic carbocycles. The minimum absolute atomic E-state index is 0.0369. The van der Waals surface area contributed by atoms with Gasteiger partial charge in [-0.2, -0.15) is 0 Å². The van der Waals surface area contributed by atoms with Crippen LogP contribution in [0.3, 0.4) is 0 Å². The molecule has 6 fully saturated rings. The third kappa shape index (κ3) is 5.53. The Bertz CT molecular complexity index is 1490. The summed E-state index contributed by atoms with van der Waals surface area (Å²) in [5, 5.41) is 83.6. The molecule has 2 heterocycles. The maximum absolute atomic E-state index is 14.5. The van der Waals surface area contributed by atoms with Gasteiger partial charge in [-0.3, -0.25) is 4.79 Å². The monoisotopic (exact) mass is 766 g/mol. The molecular weight excluding hydrogens is 700 g/mol. The van der Waals surface area contributed by atoms with Crippen molar-refractivity contribution in [3.05, 3.63) is 11.6 Å². The van der Waals surface area contributed by atoms with Crippen LogP contribution in [0.25, 0.3) is 0 Å².